The Labute approximate surface area is 103 Å². The number of rotatable bonds is 3. The smallest absolute Gasteiger partial charge is 0.0277 e. The highest BCUT2D eigenvalue weighted by Crippen LogP contribution is 2.32. The maximum atomic E-state index is 3.95. The van der Waals surface area contributed by atoms with Crippen LogP contribution >= 0.6 is 0 Å². The third-order valence-corrected chi connectivity index (χ3v) is 3.00. The molecule has 0 radical (unpaired) electrons. The zero-order valence-corrected chi connectivity index (χ0v) is 10.3. The molecule has 0 amide bonds. The van der Waals surface area contributed by atoms with Gasteiger partial charge in [0.15, 0.2) is 0 Å². The van der Waals surface area contributed by atoms with E-state index < -0.39 is 0 Å². The standard InChI is InChI=1S/C16H17N/c1-13-7-3-4-10-15(13)16-11-5-8-14(16)9-6-12-17-2/h3-12,16H,1-2H3/b9-6+,17-12+. The molecule has 0 aliphatic heterocycles. The molecule has 1 aromatic carbocycles. The lowest BCUT2D eigenvalue weighted by atomic mass is 9.90. The summed E-state index contributed by atoms with van der Waals surface area (Å²) in [5.74, 6) is 0.387. The Kier molecular flexibility index (Phi) is 3.71. The first-order chi connectivity index (χ1) is 8.33. The molecule has 0 bridgehead atoms. The van der Waals surface area contributed by atoms with Crippen molar-refractivity contribution in [1.29, 1.82) is 0 Å². The van der Waals surface area contributed by atoms with E-state index in [1.807, 2.05) is 12.3 Å². The fraction of sp³-hybridized carbons (Fsp3) is 0.188. The highest BCUT2D eigenvalue weighted by molar-refractivity contribution is 5.72. The van der Waals surface area contributed by atoms with E-state index in [0.29, 0.717) is 5.92 Å². The number of aliphatic imine (C=N–C) groups is 1. The van der Waals surface area contributed by atoms with E-state index in [9.17, 15) is 0 Å². The third-order valence-electron chi connectivity index (χ3n) is 3.00. The Bertz CT molecular complexity index is 504. The molecule has 0 saturated heterocycles. The quantitative estimate of drug-likeness (QED) is 0.690. The highest BCUT2D eigenvalue weighted by atomic mass is 14.6. The van der Waals surface area contributed by atoms with Crippen LogP contribution < -0.4 is 0 Å². The van der Waals surface area contributed by atoms with Gasteiger partial charge in [0.1, 0.15) is 0 Å². The second kappa shape index (κ2) is 5.44. The number of nitrogens with zero attached hydrogens (tertiary/aromatic N) is 1. The Hall–Kier alpha value is -1.89. The molecule has 1 aliphatic rings. The molecule has 1 aromatic rings. The molecule has 0 saturated carbocycles. The Morgan fingerprint density at radius 1 is 1.24 bits per heavy atom. The molecule has 0 heterocycles. The van der Waals surface area contributed by atoms with E-state index in [0.717, 1.165) is 0 Å². The van der Waals surface area contributed by atoms with Crippen LogP contribution in [0.5, 0.6) is 0 Å². The number of hydrogen-bond donors (Lipinski definition) is 0. The van der Waals surface area contributed by atoms with Crippen LogP contribution in [0.1, 0.15) is 17.0 Å². The minimum Gasteiger partial charge on any atom is -0.297 e. The minimum absolute atomic E-state index is 0.387. The average Bonchev–Trinajstić information content (AvgIpc) is 2.78. The summed E-state index contributed by atoms with van der Waals surface area (Å²) >= 11 is 0. The molecule has 17 heavy (non-hydrogen) atoms. The molecule has 86 valence electrons. The third kappa shape index (κ3) is 2.62. The van der Waals surface area contributed by atoms with Crippen LogP contribution in [0.15, 0.2) is 65.2 Å². The van der Waals surface area contributed by atoms with Gasteiger partial charge in [-0.3, -0.25) is 4.99 Å². The SMILES string of the molecule is C/N=C/C=C/C1=CC=CC1c1ccccc1C. The number of benzene rings is 1. The lowest BCUT2D eigenvalue weighted by Gasteiger charge is -2.14. The topological polar surface area (TPSA) is 12.4 Å². The van der Waals surface area contributed by atoms with Gasteiger partial charge in [-0.2, -0.15) is 0 Å². The summed E-state index contributed by atoms with van der Waals surface area (Å²) in [6.45, 7) is 2.16. The molecule has 2 rings (SSSR count). The monoisotopic (exact) mass is 223 g/mol. The van der Waals surface area contributed by atoms with Gasteiger partial charge in [-0.05, 0) is 29.7 Å². The zero-order chi connectivity index (χ0) is 12.1. The first-order valence-electron chi connectivity index (χ1n) is 5.85. The molecular weight excluding hydrogens is 206 g/mol. The van der Waals surface area contributed by atoms with Crippen molar-refractivity contribution in [2.75, 3.05) is 7.05 Å². The van der Waals surface area contributed by atoms with Gasteiger partial charge in [0.2, 0.25) is 0 Å². The van der Waals surface area contributed by atoms with Crippen molar-refractivity contribution in [3.63, 3.8) is 0 Å². The Morgan fingerprint density at radius 2 is 2.06 bits per heavy atom. The summed E-state index contributed by atoms with van der Waals surface area (Å²) in [4.78, 5) is 3.95. The molecule has 1 heteroatoms. The van der Waals surface area contributed by atoms with Crippen LogP contribution in [-0.4, -0.2) is 13.3 Å². The van der Waals surface area contributed by atoms with Crippen molar-refractivity contribution >= 4 is 6.21 Å². The maximum absolute atomic E-state index is 3.95. The molecule has 0 aromatic heterocycles. The minimum atomic E-state index is 0.387. The molecule has 1 aliphatic carbocycles. The number of aryl methyl sites for hydroxylation is 1. The van der Waals surface area contributed by atoms with Gasteiger partial charge >= 0.3 is 0 Å². The molecule has 0 spiro atoms. The Morgan fingerprint density at radius 3 is 2.82 bits per heavy atom. The van der Waals surface area contributed by atoms with Crippen molar-refractivity contribution < 1.29 is 0 Å². The summed E-state index contributed by atoms with van der Waals surface area (Å²) in [5.41, 5.74) is 4.04. The fourth-order valence-corrected chi connectivity index (χ4v) is 2.11. The number of hydrogen-bond acceptors (Lipinski definition) is 1. The molecule has 1 atom stereocenters. The summed E-state index contributed by atoms with van der Waals surface area (Å²) in [6.07, 6.45) is 12.5. The van der Waals surface area contributed by atoms with E-state index in [4.69, 9.17) is 0 Å². The first kappa shape index (κ1) is 11.6. The van der Waals surface area contributed by atoms with Crippen molar-refractivity contribution in [2.45, 2.75) is 12.8 Å². The summed E-state index contributed by atoms with van der Waals surface area (Å²) in [6, 6.07) is 8.55. The summed E-state index contributed by atoms with van der Waals surface area (Å²) in [7, 11) is 1.78. The van der Waals surface area contributed by atoms with Crippen molar-refractivity contribution in [3.05, 3.63) is 71.3 Å². The van der Waals surface area contributed by atoms with E-state index in [-0.39, 0.29) is 0 Å². The Balaban J connectivity index is 2.25. The van der Waals surface area contributed by atoms with Crippen LogP contribution in [0, 0.1) is 6.92 Å². The van der Waals surface area contributed by atoms with Crippen LogP contribution in [0.2, 0.25) is 0 Å². The molecular formula is C16H17N. The van der Waals surface area contributed by atoms with Gasteiger partial charge in [-0.25, -0.2) is 0 Å². The lowest BCUT2D eigenvalue weighted by molar-refractivity contribution is 1.03. The number of allylic oxidation sites excluding steroid dienone is 6. The first-order valence-corrected chi connectivity index (χ1v) is 5.85. The second-order valence-electron chi connectivity index (χ2n) is 4.15. The van der Waals surface area contributed by atoms with Crippen LogP contribution in [0.4, 0.5) is 0 Å². The van der Waals surface area contributed by atoms with Gasteiger partial charge in [0.25, 0.3) is 0 Å². The van der Waals surface area contributed by atoms with Gasteiger partial charge in [-0.15, -0.1) is 0 Å². The van der Waals surface area contributed by atoms with Gasteiger partial charge < -0.3 is 0 Å². The van der Waals surface area contributed by atoms with Gasteiger partial charge in [0, 0.05) is 19.2 Å². The van der Waals surface area contributed by atoms with E-state index in [1.54, 1.807) is 7.05 Å². The van der Waals surface area contributed by atoms with Gasteiger partial charge in [0.05, 0.1) is 0 Å². The second-order valence-corrected chi connectivity index (χ2v) is 4.15. The van der Waals surface area contributed by atoms with E-state index >= 15 is 0 Å². The maximum Gasteiger partial charge on any atom is 0.0277 e. The molecule has 1 unspecified atom stereocenters. The van der Waals surface area contributed by atoms with Crippen molar-refractivity contribution in [1.82, 2.24) is 0 Å². The highest BCUT2D eigenvalue weighted by Gasteiger charge is 2.15. The van der Waals surface area contributed by atoms with Crippen LogP contribution in [-0.2, 0) is 0 Å². The van der Waals surface area contributed by atoms with E-state index in [2.05, 4.69) is 60.5 Å². The van der Waals surface area contributed by atoms with Crippen molar-refractivity contribution in [3.8, 4) is 0 Å². The zero-order valence-electron chi connectivity index (χ0n) is 10.3. The predicted octanol–water partition coefficient (Wildman–Crippen LogP) is 3.83. The predicted molar refractivity (Wildman–Crippen MR) is 74.7 cm³/mol. The van der Waals surface area contributed by atoms with Crippen molar-refractivity contribution in [2.24, 2.45) is 4.99 Å². The molecule has 1 nitrogen and oxygen atoms in total. The lowest BCUT2D eigenvalue weighted by Crippen LogP contribution is -1.97. The largest absolute Gasteiger partial charge is 0.297 e. The summed E-state index contributed by atoms with van der Waals surface area (Å²) < 4.78 is 0. The fourth-order valence-electron chi connectivity index (χ4n) is 2.11. The average molecular weight is 223 g/mol. The van der Waals surface area contributed by atoms with Crippen LogP contribution in [0.3, 0.4) is 0 Å². The van der Waals surface area contributed by atoms with E-state index in [1.165, 1.54) is 16.7 Å². The molecule has 0 N–H and O–H groups in total. The van der Waals surface area contributed by atoms with Gasteiger partial charge in [-0.1, -0.05) is 48.6 Å². The van der Waals surface area contributed by atoms with Crippen LogP contribution in [0.25, 0.3) is 0 Å². The summed E-state index contributed by atoms with van der Waals surface area (Å²) in [5, 5.41) is 0. The normalized spacial score (nSPS) is 19.4. The molecule has 0 fully saturated rings.